The predicted octanol–water partition coefficient (Wildman–Crippen LogP) is 2.23. The second-order valence-corrected chi connectivity index (χ2v) is 6.22. The number of piperidine rings is 1. The Hall–Kier alpha value is -0.770. The summed E-state index contributed by atoms with van der Waals surface area (Å²) < 4.78 is 5.38. The van der Waals surface area contributed by atoms with Gasteiger partial charge in [-0.15, -0.1) is 0 Å². The highest BCUT2D eigenvalue weighted by molar-refractivity contribution is 5.68. The van der Waals surface area contributed by atoms with Crippen LogP contribution < -0.4 is 5.73 Å². The van der Waals surface area contributed by atoms with E-state index in [2.05, 4.69) is 6.92 Å². The van der Waals surface area contributed by atoms with Gasteiger partial charge in [-0.25, -0.2) is 4.79 Å². The summed E-state index contributed by atoms with van der Waals surface area (Å²) in [6.07, 6.45) is 0.769. The Morgan fingerprint density at radius 1 is 1.47 bits per heavy atom. The standard InChI is InChI=1S/C13H26N2O2/c1-9-8-15(7-6-11(9)10(2)14)12(16)17-13(3,4)5/h9-11H,6-8,14H2,1-5H3/t9?,10-,11?/m0/s1. The number of hydrogen-bond donors (Lipinski definition) is 1. The number of nitrogens with zero attached hydrogens (tertiary/aromatic N) is 1. The van der Waals surface area contributed by atoms with E-state index < -0.39 is 5.60 Å². The van der Waals surface area contributed by atoms with Crippen molar-refractivity contribution >= 4 is 6.09 Å². The van der Waals surface area contributed by atoms with Crippen molar-refractivity contribution in [2.75, 3.05) is 13.1 Å². The van der Waals surface area contributed by atoms with Gasteiger partial charge in [0, 0.05) is 19.1 Å². The van der Waals surface area contributed by atoms with Gasteiger partial charge in [-0.05, 0) is 46.0 Å². The molecule has 0 spiro atoms. The summed E-state index contributed by atoms with van der Waals surface area (Å²) >= 11 is 0. The van der Waals surface area contributed by atoms with E-state index >= 15 is 0 Å². The topological polar surface area (TPSA) is 55.6 Å². The number of nitrogens with two attached hydrogens (primary N) is 1. The van der Waals surface area contributed by atoms with Crippen LogP contribution in [0.25, 0.3) is 0 Å². The molecule has 0 aliphatic carbocycles. The monoisotopic (exact) mass is 242 g/mol. The molecule has 0 bridgehead atoms. The Morgan fingerprint density at radius 3 is 2.47 bits per heavy atom. The Kier molecular flexibility index (Phi) is 4.42. The van der Waals surface area contributed by atoms with E-state index in [0.29, 0.717) is 11.8 Å². The lowest BCUT2D eigenvalue weighted by molar-refractivity contribution is 0.0102. The van der Waals surface area contributed by atoms with Crippen molar-refractivity contribution in [3.05, 3.63) is 0 Å². The molecule has 100 valence electrons. The number of carbonyl (C=O) groups is 1. The molecule has 2 unspecified atom stereocenters. The molecule has 4 heteroatoms. The minimum Gasteiger partial charge on any atom is -0.444 e. The van der Waals surface area contributed by atoms with Crippen molar-refractivity contribution in [2.24, 2.45) is 17.6 Å². The maximum atomic E-state index is 11.9. The van der Waals surface area contributed by atoms with Crippen LogP contribution in [-0.2, 0) is 4.74 Å². The van der Waals surface area contributed by atoms with E-state index in [1.165, 1.54) is 0 Å². The first kappa shape index (κ1) is 14.3. The third-order valence-corrected chi connectivity index (χ3v) is 3.30. The van der Waals surface area contributed by atoms with Crippen LogP contribution in [0.15, 0.2) is 0 Å². The second kappa shape index (κ2) is 5.25. The highest BCUT2D eigenvalue weighted by atomic mass is 16.6. The first-order valence-corrected chi connectivity index (χ1v) is 6.44. The lowest BCUT2D eigenvalue weighted by Crippen LogP contribution is -2.48. The molecule has 2 N–H and O–H groups in total. The molecule has 1 saturated heterocycles. The van der Waals surface area contributed by atoms with E-state index in [0.717, 1.165) is 19.5 Å². The Labute approximate surface area is 104 Å². The van der Waals surface area contributed by atoms with Crippen molar-refractivity contribution < 1.29 is 9.53 Å². The van der Waals surface area contributed by atoms with E-state index in [1.54, 1.807) is 4.90 Å². The van der Waals surface area contributed by atoms with Gasteiger partial charge in [0.1, 0.15) is 5.60 Å². The minimum atomic E-state index is -0.418. The van der Waals surface area contributed by atoms with Crippen LogP contribution >= 0.6 is 0 Å². The molecular formula is C13H26N2O2. The maximum absolute atomic E-state index is 11.9. The number of likely N-dealkylation sites (tertiary alicyclic amines) is 1. The lowest BCUT2D eigenvalue weighted by atomic mass is 9.82. The van der Waals surface area contributed by atoms with Gasteiger partial charge in [0.15, 0.2) is 0 Å². The molecule has 0 aromatic rings. The van der Waals surface area contributed by atoms with Crippen LogP contribution in [0.1, 0.15) is 41.0 Å². The van der Waals surface area contributed by atoms with Crippen LogP contribution in [0.3, 0.4) is 0 Å². The normalized spacial score (nSPS) is 27.8. The summed E-state index contributed by atoms with van der Waals surface area (Å²) in [6.45, 7) is 11.4. The Balaban J connectivity index is 2.52. The van der Waals surface area contributed by atoms with Gasteiger partial charge in [0.05, 0.1) is 0 Å². The van der Waals surface area contributed by atoms with Crippen molar-refractivity contribution in [2.45, 2.75) is 52.7 Å². The number of ether oxygens (including phenoxy) is 1. The van der Waals surface area contributed by atoms with Gasteiger partial charge in [-0.1, -0.05) is 6.92 Å². The third kappa shape index (κ3) is 4.19. The largest absolute Gasteiger partial charge is 0.444 e. The van der Waals surface area contributed by atoms with E-state index in [4.69, 9.17) is 10.5 Å². The maximum Gasteiger partial charge on any atom is 0.410 e. The highest BCUT2D eigenvalue weighted by Gasteiger charge is 2.32. The zero-order chi connectivity index (χ0) is 13.2. The fraction of sp³-hybridized carbons (Fsp3) is 0.923. The molecule has 1 rings (SSSR count). The molecule has 1 aliphatic heterocycles. The molecular weight excluding hydrogens is 216 g/mol. The van der Waals surface area contributed by atoms with E-state index in [-0.39, 0.29) is 12.1 Å². The van der Waals surface area contributed by atoms with Crippen LogP contribution in [0.2, 0.25) is 0 Å². The number of hydrogen-bond acceptors (Lipinski definition) is 3. The molecule has 4 nitrogen and oxygen atoms in total. The van der Waals surface area contributed by atoms with E-state index in [9.17, 15) is 4.79 Å². The first-order valence-electron chi connectivity index (χ1n) is 6.44. The fourth-order valence-electron chi connectivity index (χ4n) is 2.44. The van der Waals surface area contributed by atoms with Gasteiger partial charge in [0.25, 0.3) is 0 Å². The zero-order valence-corrected chi connectivity index (χ0v) is 11.7. The molecule has 1 amide bonds. The summed E-state index contributed by atoms with van der Waals surface area (Å²) in [6, 6.07) is 0.200. The van der Waals surface area contributed by atoms with Gasteiger partial charge in [-0.3, -0.25) is 0 Å². The SMILES string of the molecule is CC1CN(C(=O)OC(C)(C)C)CCC1[C@H](C)N. The second-order valence-electron chi connectivity index (χ2n) is 6.22. The van der Waals surface area contributed by atoms with Crippen molar-refractivity contribution in [3.8, 4) is 0 Å². The minimum absolute atomic E-state index is 0.200. The van der Waals surface area contributed by atoms with Crippen LogP contribution in [0.4, 0.5) is 4.79 Å². The zero-order valence-electron chi connectivity index (χ0n) is 11.7. The molecule has 1 fully saturated rings. The lowest BCUT2D eigenvalue weighted by Gasteiger charge is -2.39. The molecule has 0 aromatic heterocycles. The van der Waals surface area contributed by atoms with Crippen LogP contribution in [0.5, 0.6) is 0 Å². The molecule has 0 saturated carbocycles. The van der Waals surface area contributed by atoms with Gasteiger partial charge >= 0.3 is 6.09 Å². The number of amides is 1. The third-order valence-electron chi connectivity index (χ3n) is 3.30. The average molecular weight is 242 g/mol. The van der Waals surface area contributed by atoms with Crippen LogP contribution in [-0.4, -0.2) is 35.7 Å². The van der Waals surface area contributed by atoms with Crippen LogP contribution in [0, 0.1) is 11.8 Å². The number of rotatable bonds is 1. The first-order chi connectivity index (χ1) is 7.70. The Bertz CT molecular complexity index is 271. The summed E-state index contributed by atoms with van der Waals surface area (Å²) in [5.41, 5.74) is 5.53. The van der Waals surface area contributed by atoms with Crippen molar-refractivity contribution in [1.29, 1.82) is 0 Å². The van der Waals surface area contributed by atoms with Gasteiger partial charge in [0.2, 0.25) is 0 Å². The Morgan fingerprint density at radius 2 is 2.06 bits per heavy atom. The smallest absolute Gasteiger partial charge is 0.410 e. The van der Waals surface area contributed by atoms with Gasteiger partial charge in [-0.2, -0.15) is 0 Å². The summed E-state index contributed by atoms with van der Waals surface area (Å²) in [4.78, 5) is 13.7. The number of carbonyl (C=O) groups excluding carboxylic acids is 1. The highest BCUT2D eigenvalue weighted by Crippen LogP contribution is 2.26. The quantitative estimate of drug-likeness (QED) is 0.767. The predicted molar refractivity (Wildman–Crippen MR) is 68.7 cm³/mol. The van der Waals surface area contributed by atoms with Crippen molar-refractivity contribution in [3.63, 3.8) is 0 Å². The van der Waals surface area contributed by atoms with E-state index in [1.807, 2.05) is 27.7 Å². The fourth-order valence-corrected chi connectivity index (χ4v) is 2.44. The van der Waals surface area contributed by atoms with Crippen molar-refractivity contribution in [1.82, 2.24) is 4.90 Å². The molecule has 3 atom stereocenters. The summed E-state index contributed by atoms with van der Waals surface area (Å²) in [5.74, 6) is 0.949. The molecule has 0 aromatic carbocycles. The molecule has 1 aliphatic rings. The van der Waals surface area contributed by atoms with Gasteiger partial charge < -0.3 is 15.4 Å². The summed E-state index contributed by atoms with van der Waals surface area (Å²) in [5, 5.41) is 0. The molecule has 1 heterocycles. The molecule has 0 radical (unpaired) electrons. The summed E-state index contributed by atoms with van der Waals surface area (Å²) in [7, 11) is 0. The molecule has 17 heavy (non-hydrogen) atoms. The average Bonchev–Trinajstić information content (AvgIpc) is 2.14.